The predicted octanol–water partition coefficient (Wildman–Crippen LogP) is 4.06. The Hall–Kier alpha value is -2.24. The van der Waals surface area contributed by atoms with E-state index in [2.05, 4.69) is 4.99 Å². The number of aliphatic imine (C=N–C) groups is 1. The number of ether oxygens (including phenoxy) is 3. The highest BCUT2D eigenvalue weighted by Crippen LogP contribution is 2.39. The molecule has 0 saturated carbocycles. The van der Waals surface area contributed by atoms with Crippen LogP contribution in [0.5, 0.6) is 5.75 Å². The molecule has 0 aromatic heterocycles. The fourth-order valence-electron chi connectivity index (χ4n) is 2.58. The molecular weight excluding hydrogens is 365 g/mol. The number of carbonyl (C=O) groups excluding carboxylic acids is 1. The maximum absolute atomic E-state index is 12.2. The SMILES string of the molecule is COC(=O)[C@@H]1N=C(c2ccc(OC)cc2)O[C@@H]1c1c(Cl)cccc1Cl. The minimum atomic E-state index is -0.889. The molecule has 2 aromatic carbocycles. The molecule has 0 amide bonds. The van der Waals surface area contributed by atoms with Crippen molar-refractivity contribution in [2.75, 3.05) is 14.2 Å². The van der Waals surface area contributed by atoms with Crippen LogP contribution in [-0.4, -0.2) is 32.1 Å². The van der Waals surface area contributed by atoms with Crippen LogP contribution in [0.4, 0.5) is 0 Å². The van der Waals surface area contributed by atoms with Gasteiger partial charge in [0.2, 0.25) is 5.90 Å². The van der Waals surface area contributed by atoms with Crippen LogP contribution in [0.1, 0.15) is 17.2 Å². The summed E-state index contributed by atoms with van der Waals surface area (Å²) in [6.45, 7) is 0. The third-order valence-corrected chi connectivity index (χ3v) is 4.50. The number of esters is 1. The van der Waals surface area contributed by atoms with Gasteiger partial charge in [-0.15, -0.1) is 0 Å². The Morgan fingerprint density at radius 1 is 1.08 bits per heavy atom. The first-order valence-electron chi connectivity index (χ1n) is 7.45. The van der Waals surface area contributed by atoms with Gasteiger partial charge in [0.25, 0.3) is 0 Å². The molecule has 0 unspecified atom stereocenters. The predicted molar refractivity (Wildman–Crippen MR) is 95.6 cm³/mol. The van der Waals surface area contributed by atoms with Gasteiger partial charge >= 0.3 is 5.97 Å². The van der Waals surface area contributed by atoms with Gasteiger partial charge in [0.05, 0.1) is 14.2 Å². The van der Waals surface area contributed by atoms with Crippen molar-refractivity contribution in [2.24, 2.45) is 4.99 Å². The van der Waals surface area contributed by atoms with Crippen LogP contribution in [0.2, 0.25) is 10.0 Å². The highest BCUT2D eigenvalue weighted by atomic mass is 35.5. The molecule has 0 bridgehead atoms. The van der Waals surface area contributed by atoms with Crippen molar-refractivity contribution in [3.63, 3.8) is 0 Å². The molecule has 2 atom stereocenters. The largest absolute Gasteiger partial charge is 0.497 e. The van der Waals surface area contributed by atoms with E-state index in [1.54, 1.807) is 49.6 Å². The van der Waals surface area contributed by atoms with Crippen LogP contribution < -0.4 is 4.74 Å². The lowest BCUT2D eigenvalue weighted by Crippen LogP contribution is -2.25. The molecule has 1 heterocycles. The molecule has 1 aliphatic rings. The first-order valence-corrected chi connectivity index (χ1v) is 8.21. The smallest absolute Gasteiger partial charge is 0.335 e. The van der Waals surface area contributed by atoms with Crippen molar-refractivity contribution in [1.29, 1.82) is 0 Å². The van der Waals surface area contributed by atoms with Gasteiger partial charge in [-0.25, -0.2) is 9.79 Å². The van der Waals surface area contributed by atoms with Crippen LogP contribution in [0, 0.1) is 0 Å². The lowest BCUT2D eigenvalue weighted by Gasteiger charge is -2.19. The summed E-state index contributed by atoms with van der Waals surface area (Å²) in [5.74, 6) is 0.501. The number of halogens is 2. The van der Waals surface area contributed by atoms with Crippen molar-refractivity contribution in [3.05, 3.63) is 63.6 Å². The topological polar surface area (TPSA) is 57.1 Å². The quantitative estimate of drug-likeness (QED) is 0.751. The lowest BCUT2D eigenvalue weighted by molar-refractivity contribution is -0.143. The summed E-state index contributed by atoms with van der Waals surface area (Å²) in [6.07, 6.45) is -0.759. The minimum absolute atomic E-state index is 0.319. The van der Waals surface area contributed by atoms with E-state index in [1.165, 1.54) is 7.11 Å². The van der Waals surface area contributed by atoms with Crippen LogP contribution in [0.15, 0.2) is 47.5 Å². The Kier molecular flexibility index (Phi) is 5.16. The molecule has 130 valence electrons. The minimum Gasteiger partial charge on any atom is -0.497 e. The van der Waals surface area contributed by atoms with Crippen LogP contribution in [-0.2, 0) is 14.3 Å². The van der Waals surface area contributed by atoms with Gasteiger partial charge in [-0.1, -0.05) is 29.3 Å². The Morgan fingerprint density at radius 3 is 2.28 bits per heavy atom. The van der Waals surface area contributed by atoms with Gasteiger partial charge in [-0.2, -0.15) is 0 Å². The van der Waals surface area contributed by atoms with E-state index in [9.17, 15) is 4.79 Å². The van der Waals surface area contributed by atoms with E-state index < -0.39 is 18.1 Å². The number of methoxy groups -OCH3 is 2. The van der Waals surface area contributed by atoms with Crippen LogP contribution in [0.25, 0.3) is 0 Å². The molecule has 0 spiro atoms. The normalized spacial score (nSPS) is 19.1. The van der Waals surface area contributed by atoms with Crippen molar-refractivity contribution in [1.82, 2.24) is 0 Å². The van der Waals surface area contributed by atoms with E-state index >= 15 is 0 Å². The lowest BCUT2D eigenvalue weighted by atomic mass is 10.0. The maximum Gasteiger partial charge on any atom is 0.335 e. The highest BCUT2D eigenvalue weighted by molar-refractivity contribution is 6.36. The van der Waals surface area contributed by atoms with Crippen molar-refractivity contribution >= 4 is 35.1 Å². The summed E-state index contributed by atoms with van der Waals surface area (Å²) in [4.78, 5) is 16.6. The first kappa shape index (κ1) is 17.6. The molecule has 2 aromatic rings. The molecule has 0 radical (unpaired) electrons. The number of hydrogen-bond acceptors (Lipinski definition) is 5. The average molecular weight is 380 g/mol. The molecule has 3 rings (SSSR count). The summed E-state index contributed by atoms with van der Waals surface area (Å²) in [6, 6.07) is 11.4. The van der Waals surface area contributed by atoms with E-state index in [0.717, 1.165) is 0 Å². The molecule has 25 heavy (non-hydrogen) atoms. The number of rotatable bonds is 4. The molecule has 1 aliphatic heterocycles. The first-order chi connectivity index (χ1) is 12.0. The van der Waals surface area contributed by atoms with E-state index in [4.69, 9.17) is 37.4 Å². The zero-order valence-corrected chi connectivity index (χ0v) is 15.0. The van der Waals surface area contributed by atoms with E-state index in [1.807, 2.05) is 0 Å². The monoisotopic (exact) mass is 379 g/mol. The van der Waals surface area contributed by atoms with E-state index in [0.29, 0.717) is 32.8 Å². The molecular formula is C18H15Cl2NO4. The summed E-state index contributed by atoms with van der Waals surface area (Å²) in [7, 11) is 2.88. The number of nitrogens with zero attached hydrogens (tertiary/aromatic N) is 1. The second-order valence-corrected chi connectivity index (χ2v) is 6.12. The van der Waals surface area contributed by atoms with Gasteiger partial charge in [-0.05, 0) is 36.4 Å². The third-order valence-electron chi connectivity index (χ3n) is 3.85. The van der Waals surface area contributed by atoms with Crippen molar-refractivity contribution in [2.45, 2.75) is 12.1 Å². The Bertz CT molecular complexity index is 800. The maximum atomic E-state index is 12.2. The molecule has 7 heteroatoms. The standard InChI is InChI=1S/C18H15Cl2NO4/c1-23-11-8-6-10(7-9-11)17-21-15(18(22)24-2)16(25-17)14-12(19)4-3-5-13(14)20/h3-9,15-16H,1-2H3/t15-,16-/m1/s1. The van der Waals surface area contributed by atoms with Crippen LogP contribution in [0.3, 0.4) is 0 Å². The third kappa shape index (κ3) is 3.43. The summed E-state index contributed by atoms with van der Waals surface area (Å²) < 4.78 is 15.9. The molecule has 0 fully saturated rings. The fraction of sp³-hybridized carbons (Fsp3) is 0.222. The fourth-order valence-corrected chi connectivity index (χ4v) is 3.19. The Morgan fingerprint density at radius 2 is 1.72 bits per heavy atom. The zero-order chi connectivity index (χ0) is 18.0. The zero-order valence-electron chi connectivity index (χ0n) is 13.5. The van der Waals surface area contributed by atoms with Gasteiger partial charge < -0.3 is 14.2 Å². The molecule has 0 N–H and O–H groups in total. The van der Waals surface area contributed by atoms with Crippen molar-refractivity contribution in [3.8, 4) is 5.75 Å². The number of hydrogen-bond donors (Lipinski definition) is 0. The Labute approximate surface area is 155 Å². The number of benzene rings is 2. The van der Waals surface area contributed by atoms with Gasteiger partial charge in [0.1, 0.15) is 5.75 Å². The second kappa shape index (κ2) is 7.33. The average Bonchev–Trinajstić information content (AvgIpc) is 3.06. The summed E-state index contributed by atoms with van der Waals surface area (Å²) in [5.41, 5.74) is 1.22. The van der Waals surface area contributed by atoms with Gasteiger partial charge in [0, 0.05) is 21.2 Å². The van der Waals surface area contributed by atoms with Gasteiger partial charge in [0.15, 0.2) is 12.1 Å². The summed E-state index contributed by atoms with van der Waals surface area (Å²) in [5, 5.41) is 0.801. The van der Waals surface area contributed by atoms with Crippen molar-refractivity contribution < 1.29 is 19.0 Å². The van der Waals surface area contributed by atoms with E-state index in [-0.39, 0.29) is 0 Å². The van der Waals surface area contributed by atoms with Crippen LogP contribution >= 0.6 is 23.2 Å². The summed E-state index contributed by atoms with van der Waals surface area (Å²) >= 11 is 12.5. The molecule has 5 nitrogen and oxygen atoms in total. The molecule has 0 aliphatic carbocycles. The Balaban J connectivity index is 1.99. The van der Waals surface area contributed by atoms with Gasteiger partial charge in [-0.3, -0.25) is 0 Å². The molecule has 0 saturated heterocycles. The highest BCUT2D eigenvalue weighted by Gasteiger charge is 2.41. The second-order valence-electron chi connectivity index (χ2n) is 5.30. The number of carbonyl (C=O) groups is 1.